The zero-order chi connectivity index (χ0) is 71.2. The second-order valence-electron chi connectivity index (χ2n) is 28.6. The van der Waals surface area contributed by atoms with Gasteiger partial charge in [-0.3, -0.25) is 37.3 Å². The Bertz CT molecular complexity index is 1860. The molecule has 0 saturated heterocycles. The highest BCUT2D eigenvalue weighted by Gasteiger charge is 2.30. The Hall–Kier alpha value is -1.94. The molecule has 0 saturated carbocycles. The lowest BCUT2D eigenvalue weighted by Gasteiger charge is -2.21. The number of esters is 4. The van der Waals surface area contributed by atoms with Crippen molar-refractivity contribution >= 4 is 39.5 Å². The Labute approximate surface area is 594 Å². The number of carbonyl (C=O) groups is 4. The molecule has 0 bridgehead atoms. The Morgan fingerprint density at radius 3 is 0.701 bits per heavy atom. The second kappa shape index (κ2) is 71.1. The van der Waals surface area contributed by atoms with Gasteiger partial charge in [0.05, 0.1) is 26.4 Å². The quantitative estimate of drug-likeness (QED) is 0.0222. The molecule has 17 nitrogen and oxygen atoms in total. The minimum atomic E-state index is -4.96. The van der Waals surface area contributed by atoms with Crippen LogP contribution in [0.25, 0.3) is 0 Å². The predicted octanol–water partition coefficient (Wildman–Crippen LogP) is 23.3. The van der Waals surface area contributed by atoms with Gasteiger partial charge in [-0.05, 0) is 31.6 Å². The van der Waals surface area contributed by atoms with Crippen molar-refractivity contribution < 1.29 is 80.2 Å². The molecule has 0 radical (unpaired) electrons. The Morgan fingerprint density at radius 1 is 0.278 bits per heavy atom. The number of carbonyl (C=O) groups excluding carboxylic acids is 4. The number of phosphoric acid groups is 2. The van der Waals surface area contributed by atoms with E-state index < -0.39 is 97.5 Å². The van der Waals surface area contributed by atoms with E-state index in [-0.39, 0.29) is 25.7 Å². The highest BCUT2D eigenvalue weighted by atomic mass is 31.2. The first-order valence-electron chi connectivity index (χ1n) is 40.6. The van der Waals surface area contributed by atoms with Gasteiger partial charge in [0.2, 0.25) is 0 Å². The van der Waals surface area contributed by atoms with Gasteiger partial charge in [0.1, 0.15) is 19.3 Å². The lowest BCUT2D eigenvalue weighted by atomic mass is 10.0. The molecular weight excluding hydrogens is 1270 g/mol. The van der Waals surface area contributed by atoms with Crippen LogP contribution >= 0.6 is 15.6 Å². The van der Waals surface area contributed by atoms with Crippen molar-refractivity contribution in [3.05, 3.63) is 0 Å². The standard InChI is InChI=1S/C78H152O17P2/c1-6-9-12-15-17-19-21-23-25-27-28-29-30-31-32-34-36-40-44-48-53-58-63-78(83)95-74(68-89-76(81)62-57-52-47-43-39-35-33-26-24-22-20-18-16-13-10-7-2)70-93-97(86,87)91-66-72(79)65-90-96(84,85)92-69-73(67-88-75(80)61-56-50-14-11-8-3)94-77(82)64-59-54-49-45-41-37-38-42-46-51-55-60-71(4)5/h71-74,79H,6-70H2,1-5H3,(H,84,85)(H,86,87)/t72-,73+,74+/m0/s1. The van der Waals surface area contributed by atoms with Crippen molar-refractivity contribution in [1.29, 1.82) is 0 Å². The highest BCUT2D eigenvalue weighted by Crippen LogP contribution is 2.45. The first kappa shape index (κ1) is 95.1. The maximum absolute atomic E-state index is 13.1. The van der Waals surface area contributed by atoms with E-state index in [2.05, 4.69) is 34.6 Å². The number of phosphoric ester groups is 2. The van der Waals surface area contributed by atoms with E-state index in [0.29, 0.717) is 25.7 Å². The lowest BCUT2D eigenvalue weighted by molar-refractivity contribution is -0.161. The van der Waals surface area contributed by atoms with Gasteiger partial charge in [-0.1, -0.05) is 362 Å². The summed E-state index contributed by atoms with van der Waals surface area (Å²) in [5, 5.41) is 10.6. The summed E-state index contributed by atoms with van der Waals surface area (Å²) in [7, 11) is -9.90. The SMILES string of the molecule is CCCCCCCCCCCCCCCCCCCCCCCCC(=O)O[C@H](COC(=O)CCCCCCCCCCCCCCCCCC)COP(=O)(O)OC[C@@H](O)COP(=O)(O)OC[C@@H](COC(=O)CCCCCCC)OC(=O)CCCCCCCCCCCCCC(C)C. The van der Waals surface area contributed by atoms with Crippen molar-refractivity contribution in [3.8, 4) is 0 Å². The molecule has 2 unspecified atom stereocenters. The van der Waals surface area contributed by atoms with Gasteiger partial charge >= 0.3 is 39.5 Å². The third kappa shape index (κ3) is 72.2. The molecule has 5 atom stereocenters. The lowest BCUT2D eigenvalue weighted by Crippen LogP contribution is -2.30. The van der Waals surface area contributed by atoms with Crippen molar-refractivity contribution in [2.45, 2.75) is 432 Å². The van der Waals surface area contributed by atoms with Crippen molar-refractivity contribution in [1.82, 2.24) is 0 Å². The molecule has 0 aliphatic heterocycles. The second-order valence-corrected chi connectivity index (χ2v) is 31.5. The van der Waals surface area contributed by atoms with E-state index in [1.165, 1.54) is 231 Å². The normalized spacial score (nSPS) is 13.9. The van der Waals surface area contributed by atoms with E-state index in [4.69, 9.17) is 37.0 Å². The van der Waals surface area contributed by atoms with Crippen LogP contribution in [0.5, 0.6) is 0 Å². The number of ether oxygens (including phenoxy) is 4. The fourth-order valence-corrected chi connectivity index (χ4v) is 13.6. The Kier molecular flexibility index (Phi) is 69.6. The van der Waals surface area contributed by atoms with Crippen LogP contribution in [0.15, 0.2) is 0 Å². The third-order valence-electron chi connectivity index (χ3n) is 18.3. The molecule has 19 heteroatoms. The van der Waals surface area contributed by atoms with E-state index in [1.807, 2.05) is 0 Å². The summed E-state index contributed by atoms with van der Waals surface area (Å²) in [6, 6.07) is 0. The van der Waals surface area contributed by atoms with Crippen LogP contribution < -0.4 is 0 Å². The van der Waals surface area contributed by atoms with Crippen molar-refractivity contribution in [3.63, 3.8) is 0 Å². The predicted molar refractivity (Wildman–Crippen MR) is 395 cm³/mol. The van der Waals surface area contributed by atoms with Crippen LogP contribution in [-0.4, -0.2) is 96.7 Å². The number of aliphatic hydroxyl groups excluding tert-OH is 1. The van der Waals surface area contributed by atoms with Gasteiger partial charge < -0.3 is 33.8 Å². The van der Waals surface area contributed by atoms with Gasteiger partial charge in [-0.2, -0.15) is 0 Å². The zero-order valence-corrected chi connectivity index (χ0v) is 65.0. The highest BCUT2D eigenvalue weighted by molar-refractivity contribution is 7.47. The molecule has 0 fully saturated rings. The summed E-state index contributed by atoms with van der Waals surface area (Å²) in [6.45, 7) is 7.21. The molecule has 576 valence electrons. The number of hydrogen-bond acceptors (Lipinski definition) is 15. The van der Waals surface area contributed by atoms with Crippen LogP contribution in [0.3, 0.4) is 0 Å². The van der Waals surface area contributed by atoms with Crippen LogP contribution in [0.4, 0.5) is 0 Å². The topological polar surface area (TPSA) is 237 Å². The number of hydrogen-bond donors (Lipinski definition) is 3. The largest absolute Gasteiger partial charge is 0.472 e. The summed E-state index contributed by atoms with van der Waals surface area (Å²) in [4.78, 5) is 72.6. The fourth-order valence-electron chi connectivity index (χ4n) is 12.1. The van der Waals surface area contributed by atoms with Gasteiger partial charge in [-0.15, -0.1) is 0 Å². The van der Waals surface area contributed by atoms with Crippen molar-refractivity contribution in [2.75, 3.05) is 39.6 Å². The van der Waals surface area contributed by atoms with Gasteiger partial charge in [0.25, 0.3) is 0 Å². The van der Waals surface area contributed by atoms with Crippen LogP contribution in [0.2, 0.25) is 0 Å². The monoisotopic (exact) mass is 1420 g/mol. The molecule has 0 amide bonds. The van der Waals surface area contributed by atoms with Gasteiger partial charge in [0, 0.05) is 25.7 Å². The van der Waals surface area contributed by atoms with E-state index in [1.54, 1.807) is 0 Å². The summed E-state index contributed by atoms with van der Waals surface area (Å²) >= 11 is 0. The Morgan fingerprint density at radius 2 is 0.474 bits per heavy atom. The fraction of sp³-hybridized carbons (Fsp3) is 0.949. The third-order valence-corrected chi connectivity index (χ3v) is 20.2. The molecule has 0 heterocycles. The Balaban J connectivity index is 5.11. The van der Waals surface area contributed by atoms with Crippen LogP contribution in [-0.2, 0) is 65.4 Å². The van der Waals surface area contributed by atoms with Gasteiger partial charge in [-0.25, -0.2) is 9.13 Å². The smallest absolute Gasteiger partial charge is 0.462 e. The maximum Gasteiger partial charge on any atom is 0.472 e. The summed E-state index contributed by atoms with van der Waals surface area (Å²) in [6.07, 6.45) is 61.6. The van der Waals surface area contributed by atoms with E-state index in [0.717, 1.165) is 102 Å². The molecule has 0 aromatic carbocycles. The summed E-state index contributed by atoms with van der Waals surface area (Å²) in [5.41, 5.74) is 0. The maximum atomic E-state index is 13.1. The number of unbranched alkanes of at least 4 members (excludes halogenated alkanes) is 50. The molecule has 3 N–H and O–H groups in total. The molecule has 0 aromatic rings. The first-order chi connectivity index (χ1) is 47.0. The zero-order valence-electron chi connectivity index (χ0n) is 63.2. The molecule has 97 heavy (non-hydrogen) atoms. The van der Waals surface area contributed by atoms with Gasteiger partial charge in [0.15, 0.2) is 12.2 Å². The van der Waals surface area contributed by atoms with E-state index in [9.17, 15) is 43.2 Å². The molecule has 0 aliphatic rings. The average molecular weight is 1420 g/mol. The summed E-state index contributed by atoms with van der Waals surface area (Å²) < 4.78 is 68.4. The van der Waals surface area contributed by atoms with Crippen LogP contribution in [0, 0.1) is 5.92 Å². The minimum Gasteiger partial charge on any atom is -0.462 e. The summed E-state index contributed by atoms with van der Waals surface area (Å²) in [5.74, 6) is -1.36. The first-order valence-corrected chi connectivity index (χ1v) is 43.6. The van der Waals surface area contributed by atoms with Crippen molar-refractivity contribution in [2.24, 2.45) is 5.92 Å². The molecule has 0 aromatic heterocycles. The minimum absolute atomic E-state index is 0.106. The number of rotatable bonds is 78. The molecule has 0 spiro atoms. The molecule has 0 rings (SSSR count). The molecular formula is C78H152O17P2. The average Bonchev–Trinajstić information content (AvgIpc) is 2.96. The number of aliphatic hydroxyl groups is 1. The van der Waals surface area contributed by atoms with E-state index >= 15 is 0 Å². The molecule has 0 aliphatic carbocycles. The van der Waals surface area contributed by atoms with Crippen LogP contribution in [0.1, 0.15) is 413 Å².